The fourth-order valence-electron chi connectivity index (χ4n) is 4.28. The summed E-state index contributed by atoms with van der Waals surface area (Å²) in [4.78, 5) is 26.0. The van der Waals surface area contributed by atoms with E-state index in [1.807, 2.05) is 6.07 Å². The Bertz CT molecular complexity index is 1190. The quantitative estimate of drug-likeness (QED) is 0.274. The second-order valence-electron chi connectivity index (χ2n) is 10.2. The van der Waals surface area contributed by atoms with E-state index in [9.17, 15) is 35.9 Å². The number of ketones is 1. The number of amides is 1. The highest BCUT2D eigenvalue weighted by molar-refractivity contribution is 5.93. The van der Waals surface area contributed by atoms with Crippen molar-refractivity contribution in [2.45, 2.75) is 77.5 Å². The first-order chi connectivity index (χ1) is 17.5. The first-order valence-corrected chi connectivity index (χ1v) is 12.1. The Morgan fingerprint density at radius 1 is 0.974 bits per heavy atom. The molecule has 206 valence electrons. The van der Waals surface area contributed by atoms with Gasteiger partial charge >= 0.3 is 18.4 Å². The zero-order chi connectivity index (χ0) is 28.5. The van der Waals surface area contributed by atoms with Gasteiger partial charge in [0.05, 0.1) is 17.2 Å². The number of allylic oxidation sites excluding steroid dienone is 1. The van der Waals surface area contributed by atoms with Crippen LogP contribution in [0.25, 0.3) is 6.08 Å². The Morgan fingerprint density at radius 2 is 1.58 bits per heavy atom. The van der Waals surface area contributed by atoms with Crippen LogP contribution in [0.4, 0.5) is 31.1 Å². The first-order valence-electron chi connectivity index (χ1n) is 12.1. The lowest BCUT2D eigenvalue weighted by atomic mass is 10.0. The second-order valence-corrected chi connectivity index (χ2v) is 10.2. The van der Waals surface area contributed by atoms with Gasteiger partial charge in [-0.25, -0.2) is 4.79 Å². The summed E-state index contributed by atoms with van der Waals surface area (Å²) in [6.07, 6.45) is -6.43. The van der Waals surface area contributed by atoms with Crippen LogP contribution < -0.4 is 0 Å². The van der Waals surface area contributed by atoms with Crippen molar-refractivity contribution in [3.05, 3.63) is 75.9 Å². The van der Waals surface area contributed by atoms with Crippen molar-refractivity contribution in [2.24, 2.45) is 0 Å². The maximum atomic E-state index is 13.4. The average Bonchev–Trinajstić information content (AvgIpc) is 3.21. The number of carbonyl (C=O) groups is 2. The van der Waals surface area contributed by atoms with E-state index in [2.05, 4.69) is 0 Å². The summed E-state index contributed by atoms with van der Waals surface area (Å²) < 4.78 is 86.0. The number of rotatable bonds is 6. The standard InChI is InChI=1S/C28H29F6NO3/c1-5-22(36)9-6-17-7-10-23-19(12-17)8-11-24(23)35(25(37)38-26(2,3)4)16-18-13-20(27(29,30)31)15-21(14-18)28(32,33)34/h6-7,9-10,12-15,24H,5,8,11,16H2,1-4H3/b9-6+. The van der Waals surface area contributed by atoms with Crippen molar-refractivity contribution in [1.82, 2.24) is 4.90 Å². The molecular weight excluding hydrogens is 512 g/mol. The zero-order valence-electron chi connectivity index (χ0n) is 21.5. The van der Waals surface area contributed by atoms with Crippen molar-refractivity contribution < 1.29 is 40.7 Å². The lowest BCUT2D eigenvalue weighted by Gasteiger charge is -2.32. The molecule has 1 aliphatic carbocycles. The lowest BCUT2D eigenvalue weighted by Crippen LogP contribution is -2.38. The van der Waals surface area contributed by atoms with Gasteiger partial charge in [-0.3, -0.25) is 9.69 Å². The summed E-state index contributed by atoms with van der Waals surface area (Å²) in [5.74, 6) is -0.0428. The molecule has 0 aliphatic heterocycles. The number of fused-ring (bicyclic) bond motifs is 1. The molecule has 4 nitrogen and oxygen atoms in total. The molecule has 0 fully saturated rings. The summed E-state index contributed by atoms with van der Waals surface area (Å²) in [5.41, 5.74) is -1.80. The molecule has 2 aromatic rings. The molecule has 2 aromatic carbocycles. The van der Waals surface area contributed by atoms with E-state index in [1.54, 1.807) is 45.9 Å². The van der Waals surface area contributed by atoms with Crippen LogP contribution in [0, 0.1) is 0 Å². The van der Waals surface area contributed by atoms with E-state index in [4.69, 9.17) is 4.74 Å². The van der Waals surface area contributed by atoms with Crippen molar-refractivity contribution in [3.63, 3.8) is 0 Å². The summed E-state index contributed by atoms with van der Waals surface area (Å²) in [6, 6.07) is 6.05. The van der Waals surface area contributed by atoms with Crippen molar-refractivity contribution in [3.8, 4) is 0 Å². The summed E-state index contributed by atoms with van der Waals surface area (Å²) in [6.45, 7) is 6.09. The van der Waals surface area contributed by atoms with Crippen LogP contribution in [-0.2, 0) is 34.8 Å². The number of hydrogen-bond donors (Lipinski definition) is 0. The van der Waals surface area contributed by atoms with Gasteiger partial charge in [0, 0.05) is 13.0 Å². The molecule has 1 unspecified atom stereocenters. The van der Waals surface area contributed by atoms with Crippen molar-refractivity contribution in [1.29, 1.82) is 0 Å². The van der Waals surface area contributed by atoms with E-state index in [0.29, 0.717) is 31.4 Å². The minimum atomic E-state index is -5.00. The molecule has 1 amide bonds. The molecule has 0 saturated carbocycles. The molecule has 0 bridgehead atoms. The fraction of sp³-hybridized carbons (Fsp3) is 0.429. The summed E-state index contributed by atoms with van der Waals surface area (Å²) in [5, 5.41) is 0. The number of hydrogen-bond acceptors (Lipinski definition) is 3. The Labute approximate surface area is 217 Å². The largest absolute Gasteiger partial charge is 0.444 e. The predicted molar refractivity (Wildman–Crippen MR) is 130 cm³/mol. The Hall–Kier alpha value is -3.30. The van der Waals surface area contributed by atoms with Gasteiger partial charge in [0.1, 0.15) is 5.60 Å². The van der Waals surface area contributed by atoms with Gasteiger partial charge in [-0.15, -0.1) is 0 Å². The van der Waals surface area contributed by atoms with Gasteiger partial charge in [-0.2, -0.15) is 26.3 Å². The second kappa shape index (κ2) is 10.8. The monoisotopic (exact) mass is 541 g/mol. The zero-order valence-corrected chi connectivity index (χ0v) is 21.5. The molecule has 0 aromatic heterocycles. The van der Waals surface area contributed by atoms with Crippen LogP contribution >= 0.6 is 0 Å². The fourth-order valence-corrected chi connectivity index (χ4v) is 4.28. The topological polar surface area (TPSA) is 46.6 Å². The molecular formula is C28H29F6NO3. The predicted octanol–water partition coefficient (Wildman–Crippen LogP) is 8.14. The third kappa shape index (κ3) is 7.39. The van der Waals surface area contributed by atoms with Gasteiger partial charge in [-0.1, -0.05) is 31.2 Å². The number of halogens is 6. The van der Waals surface area contributed by atoms with Crippen LogP contribution in [0.5, 0.6) is 0 Å². The molecule has 10 heteroatoms. The van der Waals surface area contributed by atoms with Crippen LogP contribution in [0.2, 0.25) is 0 Å². The Morgan fingerprint density at radius 3 is 2.11 bits per heavy atom. The highest BCUT2D eigenvalue weighted by Gasteiger charge is 2.38. The average molecular weight is 542 g/mol. The third-order valence-corrected chi connectivity index (χ3v) is 6.03. The van der Waals surface area contributed by atoms with Gasteiger partial charge in [0.15, 0.2) is 5.78 Å². The van der Waals surface area contributed by atoms with Gasteiger partial charge < -0.3 is 4.74 Å². The summed E-state index contributed by atoms with van der Waals surface area (Å²) >= 11 is 0. The van der Waals surface area contributed by atoms with E-state index in [0.717, 1.165) is 16.7 Å². The minimum absolute atomic E-state index is 0.0428. The lowest BCUT2D eigenvalue weighted by molar-refractivity contribution is -0.143. The maximum Gasteiger partial charge on any atom is 0.416 e. The molecule has 0 saturated heterocycles. The number of carbonyl (C=O) groups excluding carboxylic acids is 2. The number of ether oxygens (including phenoxy) is 1. The molecule has 0 N–H and O–H groups in total. The van der Waals surface area contributed by atoms with Crippen LogP contribution in [0.3, 0.4) is 0 Å². The van der Waals surface area contributed by atoms with Crippen LogP contribution in [0.15, 0.2) is 42.5 Å². The highest BCUT2D eigenvalue weighted by Crippen LogP contribution is 2.40. The number of nitrogens with zero attached hydrogens (tertiary/aromatic N) is 1. The molecule has 38 heavy (non-hydrogen) atoms. The summed E-state index contributed by atoms with van der Waals surface area (Å²) in [7, 11) is 0. The Balaban J connectivity index is 2.02. The van der Waals surface area contributed by atoms with E-state index in [-0.39, 0.29) is 17.4 Å². The molecule has 3 rings (SSSR count). The first kappa shape index (κ1) is 29.3. The number of aryl methyl sites for hydroxylation is 1. The van der Waals surface area contributed by atoms with Gasteiger partial charge in [-0.05, 0) is 80.1 Å². The van der Waals surface area contributed by atoms with E-state index in [1.165, 1.54) is 11.0 Å². The molecule has 0 spiro atoms. The van der Waals surface area contributed by atoms with E-state index < -0.39 is 47.8 Å². The van der Waals surface area contributed by atoms with Crippen LogP contribution in [0.1, 0.15) is 80.0 Å². The SMILES string of the molecule is CCC(=O)/C=C/c1ccc2c(c1)CCC2N(Cc1cc(C(F)(F)F)cc(C(F)(F)F)c1)C(=O)OC(C)(C)C. The third-order valence-electron chi connectivity index (χ3n) is 6.03. The normalized spacial score (nSPS) is 16.0. The van der Waals surface area contributed by atoms with Crippen molar-refractivity contribution >= 4 is 18.0 Å². The molecule has 0 heterocycles. The molecule has 0 radical (unpaired) electrons. The minimum Gasteiger partial charge on any atom is -0.444 e. The van der Waals surface area contributed by atoms with Crippen molar-refractivity contribution in [2.75, 3.05) is 0 Å². The van der Waals surface area contributed by atoms with Gasteiger partial charge in [0.2, 0.25) is 0 Å². The molecule has 1 atom stereocenters. The van der Waals surface area contributed by atoms with Crippen LogP contribution in [-0.4, -0.2) is 22.4 Å². The highest BCUT2D eigenvalue weighted by atomic mass is 19.4. The Kier molecular flexibility index (Phi) is 8.33. The van der Waals surface area contributed by atoms with Gasteiger partial charge in [0.25, 0.3) is 0 Å². The smallest absolute Gasteiger partial charge is 0.416 e. The van der Waals surface area contributed by atoms with E-state index >= 15 is 0 Å². The number of alkyl halides is 6. The number of benzene rings is 2. The maximum absolute atomic E-state index is 13.4. The molecule has 1 aliphatic rings.